The molecule has 0 aliphatic carbocycles. The molecule has 4 aromatic rings. The summed E-state index contributed by atoms with van der Waals surface area (Å²) in [5, 5.41) is 1.94. The predicted molar refractivity (Wildman–Crippen MR) is 118 cm³/mol. The van der Waals surface area contributed by atoms with Gasteiger partial charge in [-0.2, -0.15) is 0 Å². The molecule has 4 rings (SSSR count). The first-order valence-corrected chi connectivity index (χ1v) is 10.0. The number of nitrogens with zero attached hydrogens (tertiary/aromatic N) is 2. The highest BCUT2D eigenvalue weighted by Crippen LogP contribution is 2.19. The summed E-state index contributed by atoms with van der Waals surface area (Å²) >= 11 is 0. The fourth-order valence-electron chi connectivity index (χ4n) is 3.61. The first kappa shape index (κ1) is 18.9. The number of carbonyl (C=O) groups excluding carboxylic acids is 1. The SMILES string of the molecule is O=C(c1nccc2ccccc12)N(CCCc1ccccc1)Cc1ccccc1. The molecule has 1 aromatic heterocycles. The molecule has 0 saturated heterocycles. The van der Waals surface area contributed by atoms with Crippen LogP contribution in [-0.2, 0) is 13.0 Å². The Balaban J connectivity index is 1.57. The molecule has 0 saturated carbocycles. The molecule has 0 radical (unpaired) electrons. The number of carbonyl (C=O) groups is 1. The maximum absolute atomic E-state index is 13.5. The van der Waals surface area contributed by atoms with E-state index in [1.54, 1.807) is 6.20 Å². The van der Waals surface area contributed by atoms with Crippen LogP contribution in [0, 0.1) is 0 Å². The molecule has 0 unspecified atom stereocenters. The van der Waals surface area contributed by atoms with Gasteiger partial charge >= 0.3 is 0 Å². The van der Waals surface area contributed by atoms with Crippen molar-refractivity contribution in [1.82, 2.24) is 9.88 Å². The van der Waals surface area contributed by atoms with E-state index in [1.165, 1.54) is 5.56 Å². The smallest absolute Gasteiger partial charge is 0.273 e. The van der Waals surface area contributed by atoms with Gasteiger partial charge in [0, 0.05) is 24.7 Å². The van der Waals surface area contributed by atoms with Gasteiger partial charge in [0.05, 0.1) is 0 Å². The van der Waals surface area contributed by atoms with Crippen LogP contribution in [-0.4, -0.2) is 22.3 Å². The lowest BCUT2D eigenvalue weighted by atomic mass is 10.1. The second-order valence-corrected chi connectivity index (χ2v) is 7.18. The summed E-state index contributed by atoms with van der Waals surface area (Å²) in [5.41, 5.74) is 2.95. The van der Waals surface area contributed by atoms with E-state index in [0.717, 1.165) is 29.2 Å². The maximum atomic E-state index is 13.5. The summed E-state index contributed by atoms with van der Waals surface area (Å²) in [6.07, 6.45) is 3.58. The van der Waals surface area contributed by atoms with Crippen LogP contribution in [0.25, 0.3) is 10.8 Å². The van der Waals surface area contributed by atoms with Crippen LogP contribution in [0.2, 0.25) is 0 Å². The minimum Gasteiger partial charge on any atom is -0.333 e. The highest BCUT2D eigenvalue weighted by Gasteiger charge is 2.19. The first-order chi connectivity index (χ1) is 14.3. The summed E-state index contributed by atoms with van der Waals surface area (Å²) in [5.74, 6) is -0.0151. The summed E-state index contributed by atoms with van der Waals surface area (Å²) in [4.78, 5) is 19.8. The Morgan fingerprint density at radius 1 is 0.759 bits per heavy atom. The van der Waals surface area contributed by atoms with Gasteiger partial charge in [-0.1, -0.05) is 84.9 Å². The van der Waals surface area contributed by atoms with Gasteiger partial charge in [-0.3, -0.25) is 9.78 Å². The largest absolute Gasteiger partial charge is 0.333 e. The van der Waals surface area contributed by atoms with E-state index < -0.39 is 0 Å². The van der Waals surface area contributed by atoms with Crippen molar-refractivity contribution in [1.29, 1.82) is 0 Å². The first-order valence-electron chi connectivity index (χ1n) is 10.0. The van der Waals surface area contributed by atoms with Crippen molar-refractivity contribution in [3.8, 4) is 0 Å². The minimum atomic E-state index is -0.0151. The fourth-order valence-corrected chi connectivity index (χ4v) is 3.61. The van der Waals surface area contributed by atoms with Crippen molar-refractivity contribution in [3.63, 3.8) is 0 Å². The summed E-state index contributed by atoms with van der Waals surface area (Å²) in [7, 11) is 0. The van der Waals surface area contributed by atoms with Gasteiger partial charge in [-0.25, -0.2) is 0 Å². The zero-order chi connectivity index (χ0) is 19.9. The summed E-state index contributed by atoms with van der Waals surface area (Å²) < 4.78 is 0. The Bertz CT molecular complexity index is 1070. The van der Waals surface area contributed by atoms with E-state index in [2.05, 4.69) is 41.4 Å². The predicted octanol–water partition coefficient (Wildman–Crippen LogP) is 5.51. The molecule has 29 heavy (non-hydrogen) atoms. The number of aromatic nitrogens is 1. The summed E-state index contributed by atoms with van der Waals surface area (Å²) in [6, 6.07) is 30.4. The van der Waals surface area contributed by atoms with E-state index in [4.69, 9.17) is 0 Å². The zero-order valence-electron chi connectivity index (χ0n) is 16.4. The van der Waals surface area contributed by atoms with Gasteiger partial charge < -0.3 is 4.90 Å². The van der Waals surface area contributed by atoms with Crippen molar-refractivity contribution in [2.24, 2.45) is 0 Å². The number of aryl methyl sites for hydroxylation is 1. The van der Waals surface area contributed by atoms with Crippen LogP contribution in [0.15, 0.2) is 97.2 Å². The van der Waals surface area contributed by atoms with Gasteiger partial charge in [-0.15, -0.1) is 0 Å². The molecule has 0 bridgehead atoms. The lowest BCUT2D eigenvalue weighted by molar-refractivity contribution is 0.0737. The van der Waals surface area contributed by atoms with Crippen molar-refractivity contribution >= 4 is 16.7 Å². The molecule has 0 spiro atoms. The number of fused-ring (bicyclic) bond motifs is 1. The van der Waals surface area contributed by atoms with Crippen molar-refractivity contribution in [2.75, 3.05) is 6.54 Å². The third-order valence-electron chi connectivity index (χ3n) is 5.12. The Hall–Kier alpha value is -3.46. The third kappa shape index (κ3) is 4.69. The average Bonchev–Trinajstić information content (AvgIpc) is 2.79. The monoisotopic (exact) mass is 380 g/mol. The quantitative estimate of drug-likeness (QED) is 0.423. The highest BCUT2D eigenvalue weighted by molar-refractivity contribution is 6.05. The van der Waals surface area contributed by atoms with Crippen LogP contribution >= 0.6 is 0 Å². The molecule has 0 fully saturated rings. The standard InChI is InChI=1S/C26H24N2O/c29-26(25-24-16-8-7-15-23(24)17-18-27-25)28(20-22-12-5-2-6-13-22)19-9-14-21-10-3-1-4-11-21/h1-8,10-13,15-18H,9,14,19-20H2. The molecule has 0 aliphatic heterocycles. The molecule has 144 valence electrons. The lowest BCUT2D eigenvalue weighted by Gasteiger charge is -2.23. The normalized spacial score (nSPS) is 10.8. The number of hydrogen-bond donors (Lipinski definition) is 0. The Labute approximate surface area is 171 Å². The molecule has 3 heteroatoms. The molecule has 0 N–H and O–H groups in total. The molecule has 1 heterocycles. The number of benzene rings is 3. The minimum absolute atomic E-state index is 0.0151. The van der Waals surface area contributed by atoms with E-state index in [9.17, 15) is 4.79 Å². The van der Waals surface area contributed by atoms with Crippen LogP contribution in [0.3, 0.4) is 0 Å². The number of hydrogen-bond acceptors (Lipinski definition) is 2. The van der Waals surface area contributed by atoms with E-state index in [1.807, 2.05) is 59.5 Å². The second kappa shape index (κ2) is 9.16. The van der Waals surface area contributed by atoms with Crippen LogP contribution in [0.5, 0.6) is 0 Å². The number of amides is 1. The molecule has 3 aromatic carbocycles. The Kier molecular flexibility index (Phi) is 5.96. The van der Waals surface area contributed by atoms with Gasteiger partial charge in [-0.05, 0) is 35.4 Å². The average molecular weight is 380 g/mol. The number of rotatable bonds is 7. The summed E-state index contributed by atoms with van der Waals surface area (Å²) in [6.45, 7) is 1.27. The van der Waals surface area contributed by atoms with Gasteiger partial charge in [0.15, 0.2) is 0 Å². The van der Waals surface area contributed by atoms with Gasteiger partial charge in [0.2, 0.25) is 0 Å². The molecular formula is C26H24N2O. The van der Waals surface area contributed by atoms with Gasteiger partial charge in [0.1, 0.15) is 5.69 Å². The van der Waals surface area contributed by atoms with Crippen LogP contribution in [0.1, 0.15) is 28.0 Å². The zero-order valence-corrected chi connectivity index (χ0v) is 16.4. The molecule has 0 atom stereocenters. The molecule has 0 aliphatic rings. The molecular weight excluding hydrogens is 356 g/mol. The highest BCUT2D eigenvalue weighted by atomic mass is 16.2. The van der Waals surface area contributed by atoms with Crippen LogP contribution in [0.4, 0.5) is 0 Å². The van der Waals surface area contributed by atoms with Crippen LogP contribution < -0.4 is 0 Å². The second-order valence-electron chi connectivity index (χ2n) is 7.18. The van der Waals surface area contributed by atoms with Crippen molar-refractivity contribution in [3.05, 3.63) is 114 Å². The molecule has 1 amide bonds. The van der Waals surface area contributed by atoms with Crippen molar-refractivity contribution in [2.45, 2.75) is 19.4 Å². The van der Waals surface area contributed by atoms with E-state index >= 15 is 0 Å². The van der Waals surface area contributed by atoms with E-state index in [0.29, 0.717) is 18.8 Å². The maximum Gasteiger partial charge on any atom is 0.273 e. The Morgan fingerprint density at radius 3 is 2.17 bits per heavy atom. The van der Waals surface area contributed by atoms with Gasteiger partial charge in [0.25, 0.3) is 5.91 Å². The van der Waals surface area contributed by atoms with E-state index in [-0.39, 0.29) is 5.91 Å². The topological polar surface area (TPSA) is 33.2 Å². The Morgan fingerprint density at radius 2 is 1.41 bits per heavy atom. The number of pyridine rings is 1. The third-order valence-corrected chi connectivity index (χ3v) is 5.12. The fraction of sp³-hybridized carbons (Fsp3) is 0.154. The molecule has 3 nitrogen and oxygen atoms in total. The lowest BCUT2D eigenvalue weighted by Crippen LogP contribution is -2.32. The van der Waals surface area contributed by atoms with Crippen molar-refractivity contribution < 1.29 is 4.79 Å².